The van der Waals surface area contributed by atoms with Crippen LogP contribution < -0.4 is 0 Å². The van der Waals surface area contributed by atoms with E-state index in [2.05, 4.69) is 6.08 Å². The second kappa shape index (κ2) is 6.35. The molecule has 112 valence electrons. The Kier molecular flexibility index (Phi) is 5.56. The molecule has 4 heteroatoms. The first-order valence-electron chi connectivity index (χ1n) is 7.03. The molecule has 4 nitrogen and oxygen atoms in total. The van der Waals surface area contributed by atoms with Crippen LogP contribution in [0, 0.1) is 0 Å². The molecule has 1 rings (SSSR count). The highest BCUT2D eigenvalue weighted by Crippen LogP contribution is 2.34. The third kappa shape index (κ3) is 4.56. The van der Waals surface area contributed by atoms with Crippen LogP contribution in [0.5, 0.6) is 0 Å². The van der Waals surface area contributed by atoms with Crippen LogP contribution in [0.25, 0.3) is 0 Å². The summed E-state index contributed by atoms with van der Waals surface area (Å²) < 4.78 is 5.70. The zero-order chi connectivity index (χ0) is 14.7. The van der Waals surface area contributed by atoms with Gasteiger partial charge in [0, 0.05) is 0 Å². The molecular weight excluding hydrogens is 244 g/mol. The molecule has 4 atom stereocenters. The monoisotopic (exact) mass is 272 g/mol. The summed E-state index contributed by atoms with van der Waals surface area (Å²) in [6.45, 7) is 7.27. The van der Waals surface area contributed by atoms with Crippen LogP contribution in [0.3, 0.4) is 0 Å². The van der Waals surface area contributed by atoms with Crippen LogP contribution in [-0.2, 0) is 4.74 Å². The smallest absolute Gasteiger partial charge is 0.109 e. The minimum atomic E-state index is -1.01. The van der Waals surface area contributed by atoms with Gasteiger partial charge in [-0.05, 0) is 53.4 Å². The van der Waals surface area contributed by atoms with Crippen LogP contribution in [0.1, 0.15) is 53.4 Å². The van der Waals surface area contributed by atoms with Gasteiger partial charge in [-0.25, -0.2) is 0 Å². The van der Waals surface area contributed by atoms with Crippen molar-refractivity contribution < 1.29 is 20.1 Å². The van der Waals surface area contributed by atoms with Crippen LogP contribution >= 0.6 is 0 Å². The van der Waals surface area contributed by atoms with Gasteiger partial charge in [-0.2, -0.15) is 0 Å². The Balaban J connectivity index is 2.62. The zero-order valence-corrected chi connectivity index (χ0v) is 12.5. The molecule has 0 aliphatic carbocycles. The van der Waals surface area contributed by atoms with E-state index in [0.29, 0.717) is 19.3 Å². The van der Waals surface area contributed by atoms with Gasteiger partial charge >= 0.3 is 0 Å². The van der Waals surface area contributed by atoms with Crippen molar-refractivity contribution in [3.8, 4) is 0 Å². The molecule has 3 N–H and O–H groups in total. The third-order valence-electron chi connectivity index (χ3n) is 4.00. The lowest BCUT2D eigenvalue weighted by Gasteiger charge is -2.44. The van der Waals surface area contributed by atoms with E-state index in [1.165, 1.54) is 5.57 Å². The summed E-state index contributed by atoms with van der Waals surface area (Å²) in [6.07, 6.45) is 3.68. The highest BCUT2D eigenvalue weighted by atomic mass is 16.5. The fraction of sp³-hybridized carbons (Fsp3) is 0.867. The molecule has 1 heterocycles. The van der Waals surface area contributed by atoms with E-state index in [9.17, 15) is 15.3 Å². The lowest BCUT2D eigenvalue weighted by atomic mass is 9.82. The van der Waals surface area contributed by atoms with Crippen molar-refractivity contribution in [3.63, 3.8) is 0 Å². The van der Waals surface area contributed by atoms with E-state index >= 15 is 0 Å². The summed E-state index contributed by atoms with van der Waals surface area (Å²) in [5.41, 5.74) is -0.714. The van der Waals surface area contributed by atoms with Gasteiger partial charge in [-0.15, -0.1) is 0 Å². The van der Waals surface area contributed by atoms with E-state index < -0.39 is 17.3 Å². The summed E-state index contributed by atoms with van der Waals surface area (Å²) >= 11 is 0. The van der Waals surface area contributed by atoms with E-state index in [0.717, 1.165) is 6.42 Å². The van der Waals surface area contributed by atoms with Crippen LogP contribution in [0.15, 0.2) is 11.6 Å². The van der Waals surface area contributed by atoms with Crippen molar-refractivity contribution in [1.29, 1.82) is 0 Å². The maximum absolute atomic E-state index is 10.5. The molecule has 1 aliphatic heterocycles. The normalized spacial score (nSPS) is 34.7. The number of hydrogen-bond acceptors (Lipinski definition) is 4. The van der Waals surface area contributed by atoms with Gasteiger partial charge in [0.05, 0.1) is 23.9 Å². The first kappa shape index (κ1) is 16.6. The largest absolute Gasteiger partial charge is 0.394 e. The quantitative estimate of drug-likeness (QED) is 0.667. The molecule has 1 saturated heterocycles. The maximum Gasteiger partial charge on any atom is 0.109 e. The van der Waals surface area contributed by atoms with Crippen LogP contribution in [0.4, 0.5) is 0 Å². The molecule has 19 heavy (non-hydrogen) atoms. The fourth-order valence-corrected chi connectivity index (χ4v) is 2.51. The number of hydrogen-bond donors (Lipinski definition) is 3. The van der Waals surface area contributed by atoms with Crippen molar-refractivity contribution in [2.75, 3.05) is 6.61 Å². The minimum Gasteiger partial charge on any atom is -0.394 e. The first-order chi connectivity index (χ1) is 8.69. The van der Waals surface area contributed by atoms with Crippen LogP contribution in [-0.4, -0.2) is 45.3 Å². The Morgan fingerprint density at radius 3 is 2.63 bits per heavy atom. The molecule has 1 unspecified atom stereocenters. The van der Waals surface area contributed by atoms with Crippen molar-refractivity contribution in [2.24, 2.45) is 0 Å². The summed E-state index contributed by atoms with van der Waals surface area (Å²) in [4.78, 5) is 0. The molecule has 0 radical (unpaired) electrons. The average Bonchev–Trinajstić information content (AvgIpc) is 2.27. The Bertz CT molecular complexity index is 316. The fourth-order valence-electron chi connectivity index (χ4n) is 2.51. The number of ether oxygens (including phenoxy) is 1. The minimum absolute atomic E-state index is 0.229. The van der Waals surface area contributed by atoms with Crippen molar-refractivity contribution in [1.82, 2.24) is 0 Å². The Hall–Kier alpha value is -0.420. The highest BCUT2D eigenvalue weighted by Gasteiger charge is 2.44. The first-order valence-corrected chi connectivity index (χ1v) is 7.03. The van der Waals surface area contributed by atoms with E-state index in [1.54, 1.807) is 13.8 Å². The standard InChI is InChI=1S/C15H28O4/c1-11(2)6-5-8-14(3,17)12-7-9-15(4,18)13(10-16)19-12/h6,12-13,16-18H,5,7-10H2,1-4H3/t12-,13+,14?,15+/m1/s1. The number of aliphatic hydroxyl groups excluding tert-OH is 1. The molecule has 0 aromatic carbocycles. The van der Waals surface area contributed by atoms with Gasteiger partial charge in [0.15, 0.2) is 0 Å². The predicted octanol–water partition coefficient (Wildman–Crippen LogP) is 1.77. The zero-order valence-electron chi connectivity index (χ0n) is 12.5. The number of aliphatic hydroxyl groups is 3. The molecule has 0 aromatic heterocycles. The van der Waals surface area contributed by atoms with Gasteiger partial charge in [0.2, 0.25) is 0 Å². The van der Waals surface area contributed by atoms with Gasteiger partial charge in [0.1, 0.15) is 6.10 Å². The van der Waals surface area contributed by atoms with E-state index in [-0.39, 0.29) is 12.7 Å². The Morgan fingerprint density at radius 1 is 1.47 bits per heavy atom. The summed E-state index contributed by atoms with van der Waals surface area (Å²) in [7, 11) is 0. The summed E-state index contributed by atoms with van der Waals surface area (Å²) in [5, 5.41) is 29.9. The SMILES string of the molecule is CC(C)=CCCC(C)(O)[C@H]1CC[C@](C)(O)[C@H](CO)O1. The summed E-state index contributed by atoms with van der Waals surface area (Å²) in [6, 6.07) is 0. The third-order valence-corrected chi connectivity index (χ3v) is 4.00. The number of allylic oxidation sites excluding steroid dienone is 2. The van der Waals surface area contributed by atoms with Crippen LogP contribution in [0.2, 0.25) is 0 Å². The molecular formula is C15H28O4. The Morgan fingerprint density at radius 2 is 2.11 bits per heavy atom. The maximum atomic E-state index is 10.5. The highest BCUT2D eigenvalue weighted by molar-refractivity contribution is 4.98. The van der Waals surface area contributed by atoms with Gasteiger partial charge in [-0.1, -0.05) is 11.6 Å². The molecule has 0 saturated carbocycles. The molecule has 1 fully saturated rings. The summed E-state index contributed by atoms with van der Waals surface area (Å²) in [5.74, 6) is 0. The topological polar surface area (TPSA) is 69.9 Å². The van der Waals surface area contributed by atoms with Gasteiger partial charge < -0.3 is 20.1 Å². The molecule has 1 aliphatic rings. The van der Waals surface area contributed by atoms with E-state index in [1.807, 2.05) is 13.8 Å². The van der Waals surface area contributed by atoms with Gasteiger partial charge in [-0.3, -0.25) is 0 Å². The van der Waals surface area contributed by atoms with Crippen molar-refractivity contribution in [2.45, 2.75) is 76.8 Å². The average molecular weight is 272 g/mol. The van der Waals surface area contributed by atoms with Gasteiger partial charge in [0.25, 0.3) is 0 Å². The Labute approximate surface area is 116 Å². The van der Waals surface area contributed by atoms with E-state index in [4.69, 9.17) is 4.74 Å². The molecule has 0 spiro atoms. The lowest BCUT2D eigenvalue weighted by molar-refractivity contribution is -0.223. The lowest BCUT2D eigenvalue weighted by Crippen LogP contribution is -2.55. The molecule has 0 amide bonds. The predicted molar refractivity (Wildman–Crippen MR) is 74.9 cm³/mol. The second-order valence-electron chi connectivity index (χ2n) is 6.37. The second-order valence-corrected chi connectivity index (χ2v) is 6.37. The molecule has 0 bridgehead atoms. The molecule has 0 aromatic rings. The van der Waals surface area contributed by atoms with Crippen molar-refractivity contribution in [3.05, 3.63) is 11.6 Å². The number of rotatable bonds is 5. The van der Waals surface area contributed by atoms with Crippen molar-refractivity contribution >= 4 is 0 Å².